The zero-order chi connectivity index (χ0) is 7.82. The molecule has 0 saturated carbocycles. The fraction of sp³-hybridized carbons (Fsp3) is 0.600. The summed E-state index contributed by atoms with van der Waals surface area (Å²) in [5.74, 6) is 0.833. The van der Waals surface area contributed by atoms with Gasteiger partial charge < -0.3 is 0 Å². The van der Waals surface area contributed by atoms with Crippen molar-refractivity contribution in [2.24, 2.45) is 5.92 Å². The standard InChI is InChI=1S/C6H8.C4H10.2Ar/c1-2-4-6-5-3-1;1-4(2)3;;/h1-4H,5-6H2;4H,1-3H3;;. The molecule has 0 amide bonds. The molecule has 0 unspecified atom stereocenters. The van der Waals surface area contributed by atoms with E-state index in [9.17, 15) is 0 Å². The van der Waals surface area contributed by atoms with Crippen molar-refractivity contribution in [2.75, 3.05) is 0 Å². The van der Waals surface area contributed by atoms with Gasteiger partial charge in [0.05, 0.1) is 0 Å². The second-order valence-corrected chi connectivity index (χ2v) is 3.17. The molecule has 1 rings (SSSR count). The predicted molar refractivity (Wildman–Crippen MR) is 48.0 cm³/mol. The maximum Gasteiger partial charge on any atom is 0 e. The Hall–Kier alpha value is 2.00. The van der Waals surface area contributed by atoms with Crippen LogP contribution in [0.25, 0.3) is 0 Å². The fourth-order valence-electron chi connectivity index (χ4n) is 0.542. The summed E-state index contributed by atoms with van der Waals surface area (Å²) in [5, 5.41) is 0. The van der Waals surface area contributed by atoms with E-state index < -0.39 is 0 Å². The molecule has 0 aromatic carbocycles. The third-order valence-electron chi connectivity index (χ3n) is 0.883. The summed E-state index contributed by atoms with van der Waals surface area (Å²) in [7, 11) is 0. The van der Waals surface area contributed by atoms with Crippen molar-refractivity contribution in [3.63, 3.8) is 0 Å². The van der Waals surface area contributed by atoms with E-state index in [4.69, 9.17) is 0 Å². The van der Waals surface area contributed by atoms with Gasteiger partial charge in [-0.2, -0.15) is 0 Å². The van der Waals surface area contributed by atoms with Crippen LogP contribution in [0.15, 0.2) is 24.3 Å². The summed E-state index contributed by atoms with van der Waals surface area (Å²) < 4.78 is 0. The Morgan fingerprint density at radius 1 is 0.833 bits per heavy atom. The van der Waals surface area contributed by atoms with E-state index in [1.165, 1.54) is 12.8 Å². The Labute approximate surface area is 137 Å². The molecule has 0 saturated heterocycles. The van der Waals surface area contributed by atoms with Crippen LogP contribution < -0.4 is 0 Å². The van der Waals surface area contributed by atoms with Gasteiger partial charge in [0, 0.05) is 75.5 Å². The molecular weight excluding hydrogens is 200 g/mol. The number of allylic oxidation sites excluding steroid dienone is 4. The molecular formula is C10H18Ar2. The summed E-state index contributed by atoms with van der Waals surface area (Å²) in [6, 6.07) is 0. The molecule has 0 aliphatic heterocycles. The van der Waals surface area contributed by atoms with Crippen LogP contribution in [-0.4, -0.2) is 0 Å². The van der Waals surface area contributed by atoms with Crippen molar-refractivity contribution < 1.29 is 75.5 Å². The molecule has 0 aromatic heterocycles. The average Bonchev–Trinajstić information content (AvgIpc) is 1.90. The molecule has 0 nitrogen and oxygen atoms in total. The van der Waals surface area contributed by atoms with Crippen LogP contribution in [0.4, 0.5) is 0 Å². The van der Waals surface area contributed by atoms with Gasteiger partial charge >= 0.3 is 0 Å². The minimum atomic E-state index is 0. The van der Waals surface area contributed by atoms with Gasteiger partial charge in [-0.3, -0.25) is 0 Å². The molecule has 0 radical (unpaired) electrons. The molecule has 0 heterocycles. The summed E-state index contributed by atoms with van der Waals surface area (Å²) in [5.41, 5.74) is 0. The van der Waals surface area contributed by atoms with Crippen molar-refractivity contribution in [1.82, 2.24) is 0 Å². The minimum absolute atomic E-state index is 0. The number of hydrogen-bond donors (Lipinski definition) is 0. The summed E-state index contributed by atoms with van der Waals surface area (Å²) in [6.07, 6.45) is 11.0. The van der Waals surface area contributed by atoms with E-state index in [0.29, 0.717) is 0 Å². The van der Waals surface area contributed by atoms with Gasteiger partial charge in [-0.15, -0.1) is 0 Å². The van der Waals surface area contributed by atoms with Crippen LogP contribution in [-0.2, 0) is 0 Å². The maximum absolute atomic E-state index is 2.18. The topological polar surface area (TPSA) is 0 Å². The molecule has 0 bridgehead atoms. The van der Waals surface area contributed by atoms with Crippen molar-refractivity contribution >= 4 is 0 Å². The Kier molecular flexibility index (Phi) is 25.2. The Balaban J connectivity index is -0.000000124. The molecule has 1 aliphatic carbocycles. The molecule has 0 atom stereocenters. The molecule has 0 spiro atoms. The van der Waals surface area contributed by atoms with Crippen LogP contribution >= 0.6 is 0 Å². The Morgan fingerprint density at radius 2 is 1.08 bits per heavy atom. The normalized spacial score (nSPS) is 12.3. The molecule has 74 valence electrons. The van der Waals surface area contributed by atoms with E-state index in [2.05, 4.69) is 45.1 Å². The summed E-state index contributed by atoms with van der Waals surface area (Å²) in [4.78, 5) is 0. The van der Waals surface area contributed by atoms with Crippen LogP contribution in [0.5, 0.6) is 0 Å². The first kappa shape index (κ1) is 19.6. The smallest absolute Gasteiger partial charge is 0 e. The van der Waals surface area contributed by atoms with Gasteiger partial charge in [0.15, 0.2) is 0 Å². The van der Waals surface area contributed by atoms with Crippen molar-refractivity contribution in [2.45, 2.75) is 33.6 Å². The van der Waals surface area contributed by atoms with E-state index in [0.717, 1.165) is 5.92 Å². The first-order valence-corrected chi connectivity index (χ1v) is 4.05. The summed E-state index contributed by atoms with van der Waals surface area (Å²) in [6.45, 7) is 6.50. The van der Waals surface area contributed by atoms with Crippen LogP contribution in [0.3, 0.4) is 0 Å². The van der Waals surface area contributed by atoms with E-state index in [1.54, 1.807) is 0 Å². The first-order chi connectivity index (χ1) is 4.73. The maximum atomic E-state index is 2.18. The van der Waals surface area contributed by atoms with Crippen LogP contribution in [0.1, 0.15) is 33.6 Å². The molecule has 2 heteroatoms. The Bertz CT molecular complexity index is 100. The van der Waals surface area contributed by atoms with Crippen molar-refractivity contribution in [3.05, 3.63) is 24.3 Å². The summed E-state index contributed by atoms with van der Waals surface area (Å²) >= 11 is 0. The number of rotatable bonds is 0. The van der Waals surface area contributed by atoms with Gasteiger partial charge in [0.2, 0.25) is 0 Å². The van der Waals surface area contributed by atoms with Gasteiger partial charge in [-0.25, -0.2) is 0 Å². The van der Waals surface area contributed by atoms with Crippen molar-refractivity contribution in [3.8, 4) is 0 Å². The van der Waals surface area contributed by atoms with Crippen LogP contribution in [0.2, 0.25) is 0 Å². The molecule has 12 heavy (non-hydrogen) atoms. The van der Waals surface area contributed by atoms with E-state index in [1.807, 2.05) is 0 Å². The van der Waals surface area contributed by atoms with Gasteiger partial charge in [-0.1, -0.05) is 45.1 Å². The van der Waals surface area contributed by atoms with Crippen LogP contribution in [0, 0.1) is 81.4 Å². The largest absolute Gasteiger partial charge is 0.0842 e. The third-order valence-corrected chi connectivity index (χ3v) is 0.883. The molecule has 0 aromatic rings. The van der Waals surface area contributed by atoms with Crippen molar-refractivity contribution in [1.29, 1.82) is 0 Å². The molecule has 0 N–H and O–H groups in total. The van der Waals surface area contributed by atoms with E-state index in [-0.39, 0.29) is 75.5 Å². The quantitative estimate of drug-likeness (QED) is 0.583. The van der Waals surface area contributed by atoms with Gasteiger partial charge in [0.1, 0.15) is 0 Å². The monoisotopic (exact) mass is 218 g/mol. The average molecular weight is 218 g/mol. The minimum Gasteiger partial charge on any atom is -0.0842 e. The number of hydrogen-bond acceptors (Lipinski definition) is 0. The van der Waals surface area contributed by atoms with Gasteiger partial charge in [-0.05, 0) is 18.8 Å². The zero-order valence-corrected chi connectivity index (χ0v) is 9.42. The Morgan fingerprint density at radius 3 is 1.17 bits per heavy atom. The van der Waals surface area contributed by atoms with E-state index >= 15 is 0 Å². The third kappa shape index (κ3) is 22.7. The predicted octanol–water partition coefficient (Wildman–Crippen LogP) is 3.55. The second kappa shape index (κ2) is 15.5. The molecule has 1 aliphatic rings. The zero-order valence-electron chi connectivity index (χ0n) is 8.01. The SMILES string of the molecule is C1=CCCC=C1.CC(C)C.[Ar].[Ar]. The van der Waals surface area contributed by atoms with Gasteiger partial charge in [0.25, 0.3) is 0 Å². The fourth-order valence-corrected chi connectivity index (χ4v) is 0.542. The molecule has 0 fully saturated rings. The second-order valence-electron chi connectivity index (χ2n) is 3.17. The first-order valence-electron chi connectivity index (χ1n) is 4.05.